The summed E-state index contributed by atoms with van der Waals surface area (Å²) in [7, 11) is 0. The molecule has 0 aliphatic heterocycles. The molecule has 0 fully saturated rings. The molecule has 0 saturated carbocycles. The lowest BCUT2D eigenvalue weighted by Gasteiger charge is -2.14. The van der Waals surface area contributed by atoms with Gasteiger partial charge in [-0.25, -0.2) is 0 Å². The lowest BCUT2D eigenvalue weighted by molar-refractivity contribution is -0.274. The van der Waals surface area contributed by atoms with Gasteiger partial charge >= 0.3 is 13.0 Å². The molecule has 0 aliphatic rings. The minimum absolute atomic E-state index is 0.0654. The smallest absolute Gasteiger partial charge is 0.433 e. The Morgan fingerprint density at radius 3 is 2.27 bits per heavy atom. The molecular formula is C14H8ClF5O2. The fraction of sp³-hybridized carbons (Fsp3) is 0.143. The second-order valence-corrected chi connectivity index (χ2v) is 4.47. The van der Waals surface area contributed by atoms with Gasteiger partial charge < -0.3 is 9.47 Å². The second-order valence-electron chi connectivity index (χ2n) is 4.07. The Bertz CT molecular complexity index is 658. The van der Waals surface area contributed by atoms with E-state index >= 15 is 0 Å². The van der Waals surface area contributed by atoms with Gasteiger partial charge in [0.1, 0.15) is 11.5 Å². The summed E-state index contributed by atoms with van der Waals surface area (Å²) in [6, 6.07) is 9.06. The predicted molar refractivity (Wildman–Crippen MR) is 70.2 cm³/mol. The maximum atomic E-state index is 12.4. The van der Waals surface area contributed by atoms with Gasteiger partial charge in [-0.05, 0) is 23.8 Å². The minimum atomic E-state index is -4.87. The SMILES string of the molecule is FC(F)Oc1cc(-c2ccccc2OC(F)(F)F)ccc1Cl. The Hall–Kier alpha value is -2.02. The molecule has 22 heavy (non-hydrogen) atoms. The Kier molecular flexibility index (Phi) is 4.75. The third-order valence-corrected chi connectivity index (χ3v) is 2.88. The van der Waals surface area contributed by atoms with E-state index in [1.54, 1.807) is 0 Å². The molecule has 0 amide bonds. The van der Waals surface area contributed by atoms with Crippen molar-refractivity contribution in [1.29, 1.82) is 0 Å². The first-order chi connectivity index (χ1) is 10.3. The number of rotatable bonds is 4. The summed E-state index contributed by atoms with van der Waals surface area (Å²) in [6.45, 7) is -3.10. The predicted octanol–water partition coefficient (Wildman–Crippen LogP) is 5.51. The van der Waals surface area contributed by atoms with E-state index in [1.165, 1.54) is 30.3 Å². The summed E-state index contributed by atoms with van der Waals surface area (Å²) >= 11 is 5.70. The summed E-state index contributed by atoms with van der Waals surface area (Å²) < 4.78 is 69.9. The van der Waals surface area contributed by atoms with Crippen molar-refractivity contribution in [2.45, 2.75) is 13.0 Å². The number of alkyl halides is 5. The van der Waals surface area contributed by atoms with Crippen LogP contribution in [0.4, 0.5) is 22.0 Å². The van der Waals surface area contributed by atoms with Crippen LogP contribution in [0.5, 0.6) is 11.5 Å². The molecule has 2 nitrogen and oxygen atoms in total. The van der Waals surface area contributed by atoms with Gasteiger partial charge in [0.25, 0.3) is 0 Å². The zero-order valence-electron chi connectivity index (χ0n) is 10.7. The Labute approximate surface area is 127 Å². The van der Waals surface area contributed by atoms with E-state index in [9.17, 15) is 22.0 Å². The monoisotopic (exact) mass is 338 g/mol. The first-order valence-corrected chi connectivity index (χ1v) is 6.23. The topological polar surface area (TPSA) is 18.5 Å². The quantitative estimate of drug-likeness (QED) is 0.685. The van der Waals surface area contributed by atoms with Crippen molar-refractivity contribution < 1.29 is 31.4 Å². The van der Waals surface area contributed by atoms with Crippen LogP contribution in [0.15, 0.2) is 42.5 Å². The van der Waals surface area contributed by atoms with E-state index in [2.05, 4.69) is 9.47 Å². The van der Waals surface area contributed by atoms with Crippen LogP contribution in [-0.2, 0) is 0 Å². The van der Waals surface area contributed by atoms with Crippen LogP contribution >= 0.6 is 11.6 Å². The van der Waals surface area contributed by atoms with Crippen LogP contribution < -0.4 is 9.47 Å². The van der Waals surface area contributed by atoms with Gasteiger partial charge in [-0.3, -0.25) is 0 Å². The molecule has 2 aromatic rings. The van der Waals surface area contributed by atoms with E-state index < -0.39 is 18.7 Å². The molecule has 0 unspecified atom stereocenters. The Morgan fingerprint density at radius 1 is 0.955 bits per heavy atom. The third-order valence-electron chi connectivity index (χ3n) is 2.57. The van der Waals surface area contributed by atoms with Gasteiger partial charge in [-0.15, -0.1) is 13.2 Å². The first-order valence-electron chi connectivity index (χ1n) is 5.86. The molecule has 0 spiro atoms. The van der Waals surface area contributed by atoms with E-state index in [1.807, 2.05) is 0 Å². The third kappa shape index (κ3) is 4.24. The molecule has 0 bridgehead atoms. The van der Waals surface area contributed by atoms with Crippen molar-refractivity contribution in [3.8, 4) is 22.6 Å². The zero-order valence-corrected chi connectivity index (χ0v) is 11.5. The normalized spacial score (nSPS) is 11.6. The zero-order chi connectivity index (χ0) is 16.3. The first kappa shape index (κ1) is 16.4. The number of hydrogen-bond donors (Lipinski definition) is 0. The molecule has 0 atom stereocenters. The fourth-order valence-corrected chi connectivity index (χ4v) is 1.94. The van der Waals surface area contributed by atoms with Gasteiger partial charge in [0.05, 0.1) is 5.02 Å². The summed E-state index contributed by atoms with van der Waals surface area (Å²) in [5, 5.41) is -0.0849. The van der Waals surface area contributed by atoms with Crippen LogP contribution in [0.3, 0.4) is 0 Å². The Morgan fingerprint density at radius 2 is 1.64 bits per heavy atom. The summed E-state index contributed by atoms with van der Waals surface area (Å²) in [6.07, 6.45) is -4.87. The minimum Gasteiger partial charge on any atom is -0.433 e. The van der Waals surface area contributed by atoms with Gasteiger partial charge in [-0.2, -0.15) is 8.78 Å². The van der Waals surface area contributed by atoms with Gasteiger partial charge in [-0.1, -0.05) is 35.9 Å². The molecule has 0 N–H and O–H groups in total. The maximum absolute atomic E-state index is 12.4. The van der Waals surface area contributed by atoms with Crippen molar-refractivity contribution in [3.63, 3.8) is 0 Å². The Balaban J connectivity index is 2.44. The van der Waals surface area contributed by atoms with Crippen LogP contribution in [0.1, 0.15) is 0 Å². The molecule has 118 valence electrons. The van der Waals surface area contributed by atoms with E-state index in [0.717, 1.165) is 12.1 Å². The number of hydrogen-bond acceptors (Lipinski definition) is 2. The molecular weight excluding hydrogens is 331 g/mol. The van der Waals surface area contributed by atoms with Crippen LogP contribution in [0, 0.1) is 0 Å². The average molecular weight is 339 g/mol. The van der Waals surface area contributed by atoms with Gasteiger partial charge in [0.2, 0.25) is 0 Å². The lowest BCUT2D eigenvalue weighted by Crippen LogP contribution is -2.17. The molecule has 0 heterocycles. The highest BCUT2D eigenvalue weighted by Gasteiger charge is 2.32. The number of halogens is 6. The van der Waals surface area contributed by atoms with Crippen molar-refractivity contribution in [2.75, 3.05) is 0 Å². The van der Waals surface area contributed by atoms with Crippen LogP contribution in [0.25, 0.3) is 11.1 Å². The number of ether oxygens (including phenoxy) is 2. The highest BCUT2D eigenvalue weighted by molar-refractivity contribution is 6.32. The maximum Gasteiger partial charge on any atom is 0.573 e. The summed E-state index contributed by atoms with van der Waals surface area (Å²) in [4.78, 5) is 0. The highest BCUT2D eigenvalue weighted by Crippen LogP contribution is 2.37. The average Bonchev–Trinajstić information content (AvgIpc) is 2.40. The van der Waals surface area contributed by atoms with Crippen molar-refractivity contribution in [3.05, 3.63) is 47.5 Å². The van der Waals surface area contributed by atoms with Gasteiger partial charge in [0, 0.05) is 5.56 Å². The van der Waals surface area contributed by atoms with Gasteiger partial charge in [0.15, 0.2) is 0 Å². The van der Waals surface area contributed by atoms with E-state index in [4.69, 9.17) is 11.6 Å². The molecule has 0 aliphatic carbocycles. The largest absolute Gasteiger partial charge is 0.573 e. The second kappa shape index (κ2) is 6.39. The van der Waals surface area contributed by atoms with Crippen molar-refractivity contribution in [2.24, 2.45) is 0 Å². The summed E-state index contributed by atoms with van der Waals surface area (Å²) in [5.74, 6) is -0.795. The standard InChI is InChI=1S/C14H8ClF5O2/c15-10-6-5-8(7-12(10)21-13(16)17)9-3-1-2-4-11(9)22-14(18,19)20/h1-7,13H. The molecule has 2 aromatic carbocycles. The van der Waals surface area contributed by atoms with E-state index in [0.29, 0.717) is 0 Å². The molecule has 2 rings (SSSR count). The fourth-order valence-electron chi connectivity index (χ4n) is 1.78. The summed E-state index contributed by atoms with van der Waals surface area (Å²) in [5.41, 5.74) is 0.260. The van der Waals surface area contributed by atoms with Crippen molar-refractivity contribution >= 4 is 11.6 Å². The number of benzene rings is 2. The molecule has 0 aromatic heterocycles. The molecule has 0 radical (unpaired) electrons. The lowest BCUT2D eigenvalue weighted by atomic mass is 10.0. The highest BCUT2D eigenvalue weighted by atomic mass is 35.5. The molecule has 8 heteroatoms. The van der Waals surface area contributed by atoms with Crippen LogP contribution in [-0.4, -0.2) is 13.0 Å². The van der Waals surface area contributed by atoms with Crippen LogP contribution in [0.2, 0.25) is 5.02 Å². The van der Waals surface area contributed by atoms with Crippen molar-refractivity contribution in [1.82, 2.24) is 0 Å². The van der Waals surface area contributed by atoms with E-state index in [-0.39, 0.29) is 21.9 Å². The molecule has 0 saturated heterocycles. The number of para-hydroxylation sites is 1.